The lowest BCUT2D eigenvalue weighted by atomic mass is 10.2. The molecule has 0 aliphatic heterocycles. The summed E-state index contributed by atoms with van der Waals surface area (Å²) in [6.07, 6.45) is 1.73. The van der Waals surface area contributed by atoms with Crippen LogP contribution < -0.4 is 10.5 Å². The van der Waals surface area contributed by atoms with Gasteiger partial charge in [0.15, 0.2) is 0 Å². The monoisotopic (exact) mass is 374 g/mol. The van der Waals surface area contributed by atoms with Gasteiger partial charge in [-0.3, -0.25) is 4.79 Å². The van der Waals surface area contributed by atoms with Gasteiger partial charge in [-0.25, -0.2) is 9.97 Å². The summed E-state index contributed by atoms with van der Waals surface area (Å²) in [5, 5.41) is 1.09. The van der Waals surface area contributed by atoms with Gasteiger partial charge in [-0.1, -0.05) is 18.2 Å². The molecule has 6 heteroatoms. The van der Waals surface area contributed by atoms with E-state index >= 15 is 0 Å². The molecular weight excluding hydrogens is 352 g/mol. The Morgan fingerprint density at radius 1 is 1.14 bits per heavy atom. The highest BCUT2D eigenvalue weighted by atomic mass is 16.3. The van der Waals surface area contributed by atoms with Gasteiger partial charge >= 0.3 is 0 Å². The molecule has 3 aromatic heterocycles. The first-order valence-electron chi connectivity index (χ1n) is 9.19. The number of anilines is 1. The molecule has 4 aromatic rings. The summed E-state index contributed by atoms with van der Waals surface area (Å²) in [4.78, 5) is 25.9. The van der Waals surface area contributed by atoms with E-state index in [-0.39, 0.29) is 11.6 Å². The molecule has 0 bridgehead atoms. The topological polar surface area (TPSA) is 75.0 Å². The van der Waals surface area contributed by atoms with Crippen LogP contribution in [0.25, 0.3) is 22.4 Å². The molecule has 1 unspecified atom stereocenters. The highest BCUT2D eigenvalue weighted by Crippen LogP contribution is 2.29. The van der Waals surface area contributed by atoms with E-state index in [1.165, 1.54) is 0 Å². The fourth-order valence-electron chi connectivity index (χ4n) is 3.11. The van der Waals surface area contributed by atoms with Crippen LogP contribution in [0.3, 0.4) is 0 Å². The van der Waals surface area contributed by atoms with E-state index in [1.807, 2.05) is 50.4 Å². The SMILES string of the molecule is Cc1nc(-c2ccc(N(C)C(C)c3cc4ccccc4o3)nc2)[nH]c(=O)c1C. The summed E-state index contributed by atoms with van der Waals surface area (Å²) in [5.41, 5.74) is 2.88. The maximum absolute atomic E-state index is 12.0. The standard InChI is InChI=1S/C22H22N4O2/c1-13-14(2)24-21(25-22(13)27)17-9-10-20(23-12-17)26(4)15(3)19-11-16-7-5-6-8-18(16)28-19/h5-12,15H,1-4H3,(H,24,25,27). The van der Waals surface area contributed by atoms with Gasteiger partial charge in [-0.05, 0) is 45.0 Å². The Morgan fingerprint density at radius 3 is 2.61 bits per heavy atom. The number of hydrogen-bond acceptors (Lipinski definition) is 5. The van der Waals surface area contributed by atoms with Crippen molar-refractivity contribution < 1.29 is 4.42 Å². The van der Waals surface area contributed by atoms with Crippen LogP contribution in [-0.4, -0.2) is 22.0 Å². The molecule has 0 fully saturated rings. The molecule has 3 heterocycles. The van der Waals surface area contributed by atoms with Crippen molar-refractivity contribution in [2.45, 2.75) is 26.8 Å². The molecule has 0 aliphatic carbocycles. The summed E-state index contributed by atoms with van der Waals surface area (Å²) in [5.74, 6) is 2.22. The zero-order chi connectivity index (χ0) is 19.8. The zero-order valence-electron chi connectivity index (χ0n) is 16.4. The third-order valence-electron chi connectivity index (χ3n) is 5.21. The fraction of sp³-hybridized carbons (Fsp3) is 0.227. The third kappa shape index (κ3) is 3.17. The largest absolute Gasteiger partial charge is 0.459 e. The van der Waals surface area contributed by atoms with Crippen molar-refractivity contribution in [2.24, 2.45) is 0 Å². The van der Waals surface area contributed by atoms with E-state index in [9.17, 15) is 4.79 Å². The van der Waals surface area contributed by atoms with E-state index < -0.39 is 0 Å². The van der Waals surface area contributed by atoms with Gasteiger partial charge in [0.2, 0.25) is 0 Å². The average molecular weight is 374 g/mol. The normalized spacial score (nSPS) is 12.3. The highest BCUT2D eigenvalue weighted by molar-refractivity contribution is 5.78. The Labute approximate surface area is 162 Å². The number of rotatable bonds is 4. The molecule has 1 N–H and O–H groups in total. The van der Waals surface area contributed by atoms with Crippen molar-refractivity contribution in [1.29, 1.82) is 0 Å². The second kappa shape index (κ2) is 6.96. The number of fused-ring (bicyclic) bond motifs is 1. The number of hydrogen-bond donors (Lipinski definition) is 1. The van der Waals surface area contributed by atoms with Crippen molar-refractivity contribution in [3.63, 3.8) is 0 Å². The number of benzene rings is 1. The van der Waals surface area contributed by atoms with Crippen LogP contribution in [0.5, 0.6) is 0 Å². The molecule has 0 spiro atoms. The Balaban J connectivity index is 1.60. The third-order valence-corrected chi connectivity index (χ3v) is 5.21. The predicted octanol–water partition coefficient (Wildman–Crippen LogP) is 4.39. The summed E-state index contributed by atoms with van der Waals surface area (Å²) in [7, 11) is 1.98. The van der Waals surface area contributed by atoms with Crippen LogP contribution >= 0.6 is 0 Å². The number of nitrogens with zero attached hydrogens (tertiary/aromatic N) is 3. The molecule has 0 saturated carbocycles. The van der Waals surface area contributed by atoms with E-state index in [1.54, 1.807) is 13.1 Å². The minimum absolute atomic E-state index is 0.0188. The van der Waals surface area contributed by atoms with Crippen molar-refractivity contribution >= 4 is 16.8 Å². The minimum atomic E-state index is -0.123. The summed E-state index contributed by atoms with van der Waals surface area (Å²) < 4.78 is 5.98. The quantitative estimate of drug-likeness (QED) is 0.573. The molecule has 0 aliphatic rings. The second-order valence-corrected chi connectivity index (χ2v) is 7.00. The molecule has 0 amide bonds. The van der Waals surface area contributed by atoms with E-state index in [0.717, 1.165) is 33.8 Å². The Morgan fingerprint density at radius 2 is 1.93 bits per heavy atom. The lowest BCUT2D eigenvalue weighted by Crippen LogP contribution is -2.22. The lowest BCUT2D eigenvalue weighted by molar-refractivity contribution is 0.500. The first-order valence-corrected chi connectivity index (χ1v) is 9.19. The van der Waals surface area contributed by atoms with Crippen molar-refractivity contribution in [3.8, 4) is 11.4 Å². The van der Waals surface area contributed by atoms with Crippen LogP contribution in [0.15, 0.2) is 57.9 Å². The molecular formula is C22H22N4O2. The number of nitrogens with one attached hydrogen (secondary N) is 1. The van der Waals surface area contributed by atoms with Crippen LogP contribution in [0.1, 0.15) is 30.0 Å². The molecule has 6 nitrogen and oxygen atoms in total. The van der Waals surface area contributed by atoms with Crippen LogP contribution in [0.4, 0.5) is 5.82 Å². The van der Waals surface area contributed by atoms with Gasteiger partial charge < -0.3 is 14.3 Å². The number of aromatic amines is 1. The second-order valence-electron chi connectivity index (χ2n) is 7.00. The van der Waals surface area contributed by atoms with Gasteiger partial charge in [0.05, 0.1) is 6.04 Å². The smallest absolute Gasteiger partial charge is 0.254 e. The molecule has 4 rings (SSSR count). The van der Waals surface area contributed by atoms with Crippen LogP contribution in [-0.2, 0) is 0 Å². The van der Waals surface area contributed by atoms with Gasteiger partial charge in [0, 0.05) is 35.5 Å². The summed E-state index contributed by atoms with van der Waals surface area (Å²) >= 11 is 0. The predicted molar refractivity (Wildman–Crippen MR) is 111 cm³/mol. The summed E-state index contributed by atoms with van der Waals surface area (Å²) in [6, 6.07) is 13.9. The molecule has 1 atom stereocenters. The molecule has 0 radical (unpaired) electrons. The molecule has 1 aromatic carbocycles. The van der Waals surface area contributed by atoms with Crippen molar-refractivity contribution in [3.05, 3.63) is 76.0 Å². The highest BCUT2D eigenvalue weighted by Gasteiger charge is 2.18. The zero-order valence-corrected chi connectivity index (χ0v) is 16.4. The van der Waals surface area contributed by atoms with Gasteiger partial charge in [-0.2, -0.15) is 0 Å². The number of para-hydroxylation sites is 1. The van der Waals surface area contributed by atoms with Crippen LogP contribution in [0, 0.1) is 13.8 Å². The summed E-state index contributed by atoms with van der Waals surface area (Å²) in [6.45, 7) is 5.68. The number of furan rings is 1. The first-order chi connectivity index (χ1) is 13.4. The number of H-pyrrole nitrogens is 1. The number of pyridine rings is 1. The van der Waals surface area contributed by atoms with E-state index in [2.05, 4.69) is 32.8 Å². The molecule has 28 heavy (non-hydrogen) atoms. The first kappa shape index (κ1) is 18.0. The molecule has 142 valence electrons. The Hall–Kier alpha value is -3.41. The lowest BCUT2D eigenvalue weighted by Gasteiger charge is -2.24. The fourth-order valence-corrected chi connectivity index (χ4v) is 3.11. The van der Waals surface area contributed by atoms with Crippen LogP contribution in [0.2, 0.25) is 0 Å². The van der Waals surface area contributed by atoms with Gasteiger partial charge in [0.1, 0.15) is 23.0 Å². The minimum Gasteiger partial charge on any atom is -0.459 e. The van der Waals surface area contributed by atoms with Gasteiger partial charge in [0.25, 0.3) is 5.56 Å². The van der Waals surface area contributed by atoms with Gasteiger partial charge in [-0.15, -0.1) is 0 Å². The molecule has 0 saturated heterocycles. The van der Waals surface area contributed by atoms with Crippen molar-refractivity contribution in [1.82, 2.24) is 15.0 Å². The maximum atomic E-state index is 12.0. The number of aromatic nitrogens is 3. The average Bonchev–Trinajstić information content (AvgIpc) is 3.15. The Bertz CT molecular complexity index is 1160. The van der Waals surface area contributed by atoms with E-state index in [4.69, 9.17) is 4.42 Å². The number of aryl methyl sites for hydroxylation is 1. The van der Waals surface area contributed by atoms with Crippen molar-refractivity contribution in [2.75, 3.05) is 11.9 Å². The Kier molecular flexibility index (Phi) is 4.47. The maximum Gasteiger partial charge on any atom is 0.254 e. The van der Waals surface area contributed by atoms with E-state index in [0.29, 0.717) is 11.4 Å².